The highest BCUT2D eigenvalue weighted by molar-refractivity contribution is 5.60. The highest BCUT2D eigenvalue weighted by atomic mass is 16.5. The fourth-order valence-electron chi connectivity index (χ4n) is 1.42. The molecule has 0 saturated heterocycles. The van der Waals surface area contributed by atoms with Gasteiger partial charge in [-0.3, -0.25) is 4.57 Å². The van der Waals surface area contributed by atoms with Gasteiger partial charge in [0, 0.05) is 12.4 Å². The summed E-state index contributed by atoms with van der Waals surface area (Å²) in [6.45, 7) is 4.27. The molecule has 84 valence electrons. The summed E-state index contributed by atoms with van der Waals surface area (Å²) in [5.41, 5.74) is 6.35. The fraction of sp³-hybridized carbons (Fsp3) is 0.300. The van der Waals surface area contributed by atoms with E-state index in [0.29, 0.717) is 24.0 Å². The zero-order valence-corrected chi connectivity index (χ0v) is 9.21. The second-order valence-electron chi connectivity index (χ2n) is 3.19. The van der Waals surface area contributed by atoms with E-state index in [9.17, 15) is 0 Å². The van der Waals surface area contributed by atoms with Gasteiger partial charge in [0.15, 0.2) is 5.82 Å². The molecule has 0 fully saturated rings. The van der Waals surface area contributed by atoms with E-state index in [4.69, 9.17) is 10.5 Å². The molecule has 0 spiro atoms. The second-order valence-corrected chi connectivity index (χ2v) is 3.19. The van der Waals surface area contributed by atoms with Gasteiger partial charge in [0.25, 0.3) is 0 Å². The molecule has 0 unspecified atom stereocenters. The minimum atomic E-state index is 0.403. The monoisotopic (exact) mass is 219 g/mol. The van der Waals surface area contributed by atoms with Gasteiger partial charge in [-0.2, -0.15) is 4.98 Å². The van der Waals surface area contributed by atoms with Crippen LogP contribution in [0.2, 0.25) is 0 Å². The highest BCUT2D eigenvalue weighted by Crippen LogP contribution is 2.23. The maximum absolute atomic E-state index is 5.93. The Labute approximate surface area is 93.1 Å². The van der Waals surface area contributed by atoms with Crippen molar-refractivity contribution in [3.63, 3.8) is 0 Å². The first kappa shape index (κ1) is 10.4. The summed E-state index contributed by atoms with van der Waals surface area (Å²) in [5.74, 6) is 1.81. The van der Waals surface area contributed by atoms with Crippen LogP contribution in [0.5, 0.6) is 5.88 Å². The zero-order valence-electron chi connectivity index (χ0n) is 9.21. The van der Waals surface area contributed by atoms with Gasteiger partial charge in [-0.25, -0.2) is 9.97 Å². The number of nitrogens with two attached hydrogens (primary N) is 1. The van der Waals surface area contributed by atoms with Gasteiger partial charge < -0.3 is 10.5 Å². The summed E-state index contributed by atoms with van der Waals surface area (Å²) in [4.78, 5) is 12.2. The van der Waals surface area contributed by atoms with Crippen molar-refractivity contribution in [2.24, 2.45) is 0 Å². The summed E-state index contributed by atoms with van der Waals surface area (Å²) in [5, 5.41) is 0. The van der Waals surface area contributed by atoms with Crippen molar-refractivity contribution < 1.29 is 4.74 Å². The SMILES string of the molecule is CCOc1ncnc(-n2ccnc2C)c1N. The van der Waals surface area contributed by atoms with Crippen molar-refractivity contribution in [2.45, 2.75) is 13.8 Å². The van der Waals surface area contributed by atoms with Crippen LogP contribution >= 0.6 is 0 Å². The Bertz CT molecular complexity index is 494. The molecule has 0 atom stereocenters. The molecule has 0 aliphatic rings. The average Bonchev–Trinajstić information content (AvgIpc) is 2.68. The Hall–Kier alpha value is -2.11. The van der Waals surface area contributed by atoms with Crippen LogP contribution in [0, 0.1) is 6.92 Å². The standard InChI is InChI=1S/C10H13N5O/c1-3-16-10-8(11)9(13-6-14-10)15-5-4-12-7(15)2/h4-6H,3,11H2,1-2H3. The van der Waals surface area contributed by atoms with Crippen LogP contribution in [0.1, 0.15) is 12.7 Å². The predicted molar refractivity (Wildman–Crippen MR) is 59.5 cm³/mol. The van der Waals surface area contributed by atoms with E-state index in [2.05, 4.69) is 15.0 Å². The Morgan fingerprint density at radius 2 is 2.19 bits per heavy atom. The number of anilines is 1. The number of hydrogen-bond donors (Lipinski definition) is 1. The minimum absolute atomic E-state index is 0.403. The zero-order chi connectivity index (χ0) is 11.5. The van der Waals surface area contributed by atoms with Crippen molar-refractivity contribution in [1.29, 1.82) is 0 Å². The molecule has 0 aromatic carbocycles. The molecule has 0 saturated carbocycles. The maximum Gasteiger partial charge on any atom is 0.242 e. The lowest BCUT2D eigenvalue weighted by atomic mass is 10.4. The summed E-state index contributed by atoms with van der Waals surface area (Å²) >= 11 is 0. The topological polar surface area (TPSA) is 78.9 Å². The first-order valence-corrected chi connectivity index (χ1v) is 4.97. The molecule has 2 heterocycles. The lowest BCUT2D eigenvalue weighted by molar-refractivity contribution is 0.328. The molecule has 0 aliphatic heterocycles. The maximum atomic E-state index is 5.93. The van der Waals surface area contributed by atoms with Gasteiger partial charge >= 0.3 is 0 Å². The first-order chi connectivity index (χ1) is 7.74. The number of hydrogen-bond acceptors (Lipinski definition) is 5. The van der Waals surface area contributed by atoms with Gasteiger partial charge in [0.2, 0.25) is 5.88 Å². The summed E-state index contributed by atoms with van der Waals surface area (Å²) in [7, 11) is 0. The third kappa shape index (κ3) is 1.69. The smallest absolute Gasteiger partial charge is 0.242 e. The van der Waals surface area contributed by atoms with Crippen LogP contribution in [0.15, 0.2) is 18.7 Å². The second kappa shape index (κ2) is 4.18. The minimum Gasteiger partial charge on any atom is -0.476 e. The van der Waals surface area contributed by atoms with E-state index >= 15 is 0 Å². The number of aryl methyl sites for hydroxylation is 1. The number of aromatic nitrogens is 4. The molecule has 16 heavy (non-hydrogen) atoms. The van der Waals surface area contributed by atoms with Crippen LogP contribution in [0.3, 0.4) is 0 Å². The van der Waals surface area contributed by atoms with Crippen molar-refractivity contribution in [1.82, 2.24) is 19.5 Å². The molecule has 0 bridgehead atoms. The predicted octanol–water partition coefficient (Wildman–Crippen LogP) is 0.952. The molecule has 0 amide bonds. The number of imidazole rings is 1. The van der Waals surface area contributed by atoms with E-state index in [1.807, 2.05) is 13.8 Å². The third-order valence-corrected chi connectivity index (χ3v) is 2.16. The van der Waals surface area contributed by atoms with Crippen LogP contribution in [-0.4, -0.2) is 26.1 Å². The highest BCUT2D eigenvalue weighted by Gasteiger charge is 2.11. The average molecular weight is 219 g/mol. The number of ether oxygens (including phenoxy) is 1. The van der Waals surface area contributed by atoms with Gasteiger partial charge in [0.05, 0.1) is 6.61 Å². The Balaban J connectivity index is 2.50. The summed E-state index contributed by atoms with van der Waals surface area (Å²) < 4.78 is 7.10. The van der Waals surface area contributed by atoms with Crippen molar-refractivity contribution in [3.8, 4) is 11.7 Å². The van der Waals surface area contributed by atoms with E-state index in [-0.39, 0.29) is 0 Å². The van der Waals surface area contributed by atoms with Crippen molar-refractivity contribution in [3.05, 3.63) is 24.5 Å². The molecule has 6 heteroatoms. The lowest BCUT2D eigenvalue weighted by Gasteiger charge is -2.10. The molecular formula is C10H13N5O. The molecule has 0 aliphatic carbocycles. The van der Waals surface area contributed by atoms with Crippen LogP contribution in [0.25, 0.3) is 5.82 Å². The van der Waals surface area contributed by atoms with Gasteiger partial charge in [-0.1, -0.05) is 0 Å². The first-order valence-electron chi connectivity index (χ1n) is 4.97. The third-order valence-electron chi connectivity index (χ3n) is 2.16. The van der Waals surface area contributed by atoms with Crippen LogP contribution < -0.4 is 10.5 Å². The number of nitrogen functional groups attached to an aromatic ring is 1. The van der Waals surface area contributed by atoms with Gasteiger partial charge in [0.1, 0.15) is 17.8 Å². The van der Waals surface area contributed by atoms with E-state index in [0.717, 1.165) is 5.82 Å². The normalized spacial score (nSPS) is 10.4. The van der Waals surface area contributed by atoms with Crippen LogP contribution in [-0.2, 0) is 0 Å². The van der Waals surface area contributed by atoms with Crippen LogP contribution in [0.4, 0.5) is 5.69 Å². The summed E-state index contributed by atoms with van der Waals surface area (Å²) in [6, 6.07) is 0. The number of rotatable bonds is 3. The van der Waals surface area contributed by atoms with E-state index in [1.165, 1.54) is 6.33 Å². The molecule has 0 radical (unpaired) electrons. The molecule has 2 N–H and O–H groups in total. The molecular weight excluding hydrogens is 206 g/mol. The Morgan fingerprint density at radius 3 is 2.81 bits per heavy atom. The Morgan fingerprint density at radius 1 is 1.38 bits per heavy atom. The molecule has 2 aromatic rings. The Kier molecular flexibility index (Phi) is 2.72. The number of nitrogens with zero attached hydrogens (tertiary/aromatic N) is 4. The van der Waals surface area contributed by atoms with Gasteiger partial charge in [-0.05, 0) is 13.8 Å². The lowest BCUT2D eigenvalue weighted by Crippen LogP contribution is -2.07. The van der Waals surface area contributed by atoms with Crippen molar-refractivity contribution in [2.75, 3.05) is 12.3 Å². The molecule has 2 aromatic heterocycles. The molecule has 2 rings (SSSR count). The van der Waals surface area contributed by atoms with E-state index in [1.54, 1.807) is 17.0 Å². The van der Waals surface area contributed by atoms with Gasteiger partial charge in [-0.15, -0.1) is 0 Å². The van der Waals surface area contributed by atoms with Crippen molar-refractivity contribution >= 4 is 5.69 Å². The molecule has 6 nitrogen and oxygen atoms in total. The summed E-state index contributed by atoms with van der Waals surface area (Å²) in [6.07, 6.45) is 4.91. The largest absolute Gasteiger partial charge is 0.476 e. The van der Waals surface area contributed by atoms with E-state index < -0.39 is 0 Å². The quantitative estimate of drug-likeness (QED) is 0.831. The fourth-order valence-corrected chi connectivity index (χ4v) is 1.42.